The van der Waals surface area contributed by atoms with Gasteiger partial charge in [-0.15, -0.1) is 12.4 Å². The topological polar surface area (TPSA) is 105 Å². The highest BCUT2D eigenvalue weighted by molar-refractivity contribution is 7.89. The fourth-order valence-electron chi connectivity index (χ4n) is 2.99. The van der Waals surface area contributed by atoms with Crippen LogP contribution in [0.25, 0.3) is 0 Å². The Balaban J connectivity index is 0.00000243. The third-order valence-electron chi connectivity index (χ3n) is 4.34. The van der Waals surface area contributed by atoms with E-state index >= 15 is 0 Å². The molecule has 1 saturated heterocycles. The Bertz CT molecular complexity index is 890. The van der Waals surface area contributed by atoms with Crippen LogP contribution in [-0.4, -0.2) is 43.2 Å². The summed E-state index contributed by atoms with van der Waals surface area (Å²) < 4.78 is 27.8. The van der Waals surface area contributed by atoms with Crippen LogP contribution in [0.3, 0.4) is 0 Å². The van der Waals surface area contributed by atoms with Crippen molar-refractivity contribution in [3.05, 3.63) is 59.4 Å². The molecule has 9 heteroatoms. The van der Waals surface area contributed by atoms with Crippen LogP contribution in [0.4, 0.5) is 0 Å². The van der Waals surface area contributed by atoms with Gasteiger partial charge in [0, 0.05) is 37.6 Å². The van der Waals surface area contributed by atoms with E-state index in [2.05, 4.69) is 10.3 Å². The minimum atomic E-state index is -3.77. The van der Waals surface area contributed by atoms with Crippen molar-refractivity contribution < 1.29 is 13.2 Å². The van der Waals surface area contributed by atoms with Crippen molar-refractivity contribution in [1.29, 1.82) is 0 Å². The van der Waals surface area contributed by atoms with Gasteiger partial charge >= 0.3 is 0 Å². The molecular formula is C17H21ClN4O3S. The smallest absolute Gasteiger partial charge is 0.249 e. The van der Waals surface area contributed by atoms with Crippen molar-refractivity contribution in [2.24, 2.45) is 5.73 Å². The third kappa shape index (κ3) is 3.88. The highest BCUT2D eigenvalue weighted by atomic mass is 35.5. The Labute approximate surface area is 159 Å². The van der Waals surface area contributed by atoms with Crippen LogP contribution in [-0.2, 0) is 10.0 Å². The number of benzene rings is 1. The molecule has 2 aromatic rings. The quantitative estimate of drug-likeness (QED) is 0.809. The van der Waals surface area contributed by atoms with E-state index in [4.69, 9.17) is 5.73 Å². The average Bonchev–Trinajstić information content (AvgIpc) is 2.62. The molecule has 1 fully saturated rings. The van der Waals surface area contributed by atoms with Gasteiger partial charge in [0.2, 0.25) is 15.9 Å². The van der Waals surface area contributed by atoms with Crippen LogP contribution in [0, 0.1) is 6.92 Å². The first-order valence-electron chi connectivity index (χ1n) is 7.94. The van der Waals surface area contributed by atoms with Crippen molar-refractivity contribution >= 4 is 28.3 Å². The van der Waals surface area contributed by atoms with Gasteiger partial charge in [-0.3, -0.25) is 9.78 Å². The zero-order valence-corrected chi connectivity index (χ0v) is 15.9. The maximum Gasteiger partial charge on any atom is 0.249 e. The van der Waals surface area contributed by atoms with E-state index in [1.165, 1.54) is 16.4 Å². The number of halogens is 1. The maximum absolute atomic E-state index is 13.2. The molecule has 0 saturated carbocycles. The summed E-state index contributed by atoms with van der Waals surface area (Å²) in [4.78, 5) is 15.7. The van der Waals surface area contributed by atoms with Gasteiger partial charge < -0.3 is 11.1 Å². The number of rotatable bonds is 4. The SMILES string of the molecule is Cc1ccc(S(=O)(=O)N2CCNCC2c2cccnc2)cc1C(N)=O.Cl. The van der Waals surface area contributed by atoms with E-state index in [-0.39, 0.29) is 28.9 Å². The molecule has 3 N–H and O–H groups in total. The number of aromatic nitrogens is 1. The zero-order chi connectivity index (χ0) is 18.0. The lowest BCUT2D eigenvalue weighted by molar-refractivity contribution is 0.0999. The number of hydrogen-bond acceptors (Lipinski definition) is 5. The van der Waals surface area contributed by atoms with Gasteiger partial charge in [0.25, 0.3) is 0 Å². The van der Waals surface area contributed by atoms with Crippen LogP contribution >= 0.6 is 12.4 Å². The summed E-state index contributed by atoms with van der Waals surface area (Å²) in [7, 11) is -3.77. The normalized spacial score (nSPS) is 18.1. The van der Waals surface area contributed by atoms with Gasteiger partial charge in [0.1, 0.15) is 0 Å². The van der Waals surface area contributed by atoms with Crippen LogP contribution in [0.1, 0.15) is 27.5 Å². The Morgan fingerprint density at radius 1 is 1.35 bits per heavy atom. The first-order chi connectivity index (χ1) is 11.9. The van der Waals surface area contributed by atoms with Crippen molar-refractivity contribution in [2.45, 2.75) is 17.9 Å². The fourth-order valence-corrected chi connectivity index (χ4v) is 4.63. The Morgan fingerprint density at radius 2 is 2.12 bits per heavy atom. The lowest BCUT2D eigenvalue weighted by Crippen LogP contribution is -2.48. The molecule has 1 aromatic carbocycles. The molecule has 1 aromatic heterocycles. The predicted octanol–water partition coefficient (Wildman–Crippen LogP) is 1.25. The number of amides is 1. The van der Waals surface area contributed by atoms with Gasteiger partial charge in [-0.2, -0.15) is 4.31 Å². The summed E-state index contributed by atoms with van der Waals surface area (Å²) in [6.45, 7) is 3.12. The molecule has 7 nitrogen and oxygen atoms in total. The summed E-state index contributed by atoms with van der Waals surface area (Å²) >= 11 is 0. The molecule has 1 aliphatic heterocycles. The first-order valence-corrected chi connectivity index (χ1v) is 9.38. The lowest BCUT2D eigenvalue weighted by Gasteiger charge is -2.35. The molecule has 0 radical (unpaired) electrons. The fraction of sp³-hybridized carbons (Fsp3) is 0.294. The molecule has 0 bridgehead atoms. The summed E-state index contributed by atoms with van der Waals surface area (Å²) in [5.74, 6) is -0.640. The van der Waals surface area contributed by atoms with Gasteiger partial charge in [-0.25, -0.2) is 8.42 Å². The number of nitrogens with zero attached hydrogens (tertiary/aromatic N) is 2. The van der Waals surface area contributed by atoms with E-state index in [9.17, 15) is 13.2 Å². The van der Waals surface area contributed by atoms with Gasteiger partial charge in [-0.05, 0) is 36.2 Å². The van der Waals surface area contributed by atoms with Gasteiger partial charge in [0.15, 0.2) is 0 Å². The number of nitrogens with two attached hydrogens (primary N) is 1. The molecule has 0 spiro atoms. The molecule has 26 heavy (non-hydrogen) atoms. The number of aryl methyl sites for hydroxylation is 1. The molecular weight excluding hydrogens is 376 g/mol. The van der Waals surface area contributed by atoms with E-state index in [1.54, 1.807) is 31.5 Å². The second-order valence-corrected chi connectivity index (χ2v) is 7.85. The standard InChI is InChI=1S/C17H20N4O3S.ClH/c1-12-4-5-14(9-15(12)17(18)22)25(23,24)21-8-7-20-11-16(21)13-3-2-6-19-10-13;/h2-6,9-10,16,20H,7-8,11H2,1H3,(H2,18,22);1H. The van der Waals surface area contributed by atoms with Gasteiger partial charge in [0.05, 0.1) is 10.9 Å². The number of sulfonamides is 1. The molecule has 1 atom stereocenters. The minimum Gasteiger partial charge on any atom is -0.366 e. The van der Waals surface area contributed by atoms with Crippen LogP contribution in [0.5, 0.6) is 0 Å². The average molecular weight is 397 g/mol. The summed E-state index contributed by atoms with van der Waals surface area (Å²) in [6, 6.07) is 7.76. The zero-order valence-electron chi connectivity index (χ0n) is 14.3. The Hall–Kier alpha value is -2.00. The molecule has 2 heterocycles. The van der Waals surface area contributed by atoms with E-state index in [1.807, 2.05) is 6.07 Å². The van der Waals surface area contributed by atoms with Gasteiger partial charge in [-0.1, -0.05) is 12.1 Å². The molecule has 1 amide bonds. The minimum absolute atomic E-state index is 0. The largest absolute Gasteiger partial charge is 0.366 e. The number of carbonyl (C=O) groups is 1. The van der Waals surface area contributed by atoms with Crippen molar-refractivity contribution in [1.82, 2.24) is 14.6 Å². The summed E-state index contributed by atoms with van der Waals surface area (Å²) in [5.41, 5.74) is 7.04. The number of pyridine rings is 1. The van der Waals surface area contributed by atoms with Crippen molar-refractivity contribution in [2.75, 3.05) is 19.6 Å². The molecule has 3 rings (SSSR count). The van der Waals surface area contributed by atoms with Crippen LogP contribution in [0.15, 0.2) is 47.6 Å². The number of piperazine rings is 1. The number of hydrogen-bond donors (Lipinski definition) is 2. The van der Waals surface area contributed by atoms with E-state index in [0.29, 0.717) is 25.2 Å². The maximum atomic E-state index is 13.2. The predicted molar refractivity (Wildman–Crippen MR) is 101 cm³/mol. The van der Waals surface area contributed by atoms with E-state index in [0.717, 1.165) is 5.56 Å². The summed E-state index contributed by atoms with van der Waals surface area (Å²) in [6.07, 6.45) is 3.32. The molecule has 140 valence electrons. The molecule has 1 aliphatic rings. The van der Waals surface area contributed by atoms with E-state index < -0.39 is 15.9 Å². The highest BCUT2D eigenvalue weighted by Gasteiger charge is 2.34. The first kappa shape index (κ1) is 20.3. The Morgan fingerprint density at radius 3 is 2.77 bits per heavy atom. The number of carbonyl (C=O) groups excluding carboxylic acids is 1. The second kappa shape index (κ2) is 8.13. The third-order valence-corrected chi connectivity index (χ3v) is 6.25. The lowest BCUT2D eigenvalue weighted by atomic mass is 10.1. The molecule has 1 unspecified atom stereocenters. The van der Waals surface area contributed by atoms with Crippen molar-refractivity contribution in [3.8, 4) is 0 Å². The second-order valence-electron chi connectivity index (χ2n) is 5.96. The Kier molecular flexibility index (Phi) is 6.35. The van der Waals surface area contributed by atoms with Crippen molar-refractivity contribution in [3.63, 3.8) is 0 Å². The monoisotopic (exact) mass is 396 g/mol. The van der Waals surface area contributed by atoms with Crippen LogP contribution in [0.2, 0.25) is 0 Å². The number of primary amides is 1. The molecule has 0 aliphatic carbocycles. The number of nitrogens with one attached hydrogen (secondary N) is 1. The van der Waals surface area contributed by atoms with Crippen LogP contribution < -0.4 is 11.1 Å². The summed E-state index contributed by atoms with van der Waals surface area (Å²) in [5, 5.41) is 3.22. The highest BCUT2D eigenvalue weighted by Crippen LogP contribution is 2.29.